The number of hydrogen-bond donors (Lipinski definition) is 0. The maximum Gasteiger partial charge on any atom is 0.161 e. The summed E-state index contributed by atoms with van der Waals surface area (Å²) in [5.74, 6) is 1.33. The van der Waals surface area contributed by atoms with Crippen molar-refractivity contribution >= 4 is 11.6 Å². The Morgan fingerprint density at radius 3 is 2.65 bits per heavy atom. The summed E-state index contributed by atoms with van der Waals surface area (Å²) in [5, 5.41) is 0.558. The molecule has 20 heavy (non-hydrogen) atoms. The Hall–Kier alpha value is -1.41. The smallest absolute Gasteiger partial charge is 0.161 e. The number of benzene rings is 1. The first-order valence-electron chi connectivity index (χ1n) is 7.40. The number of nitrogens with zero attached hydrogens (tertiary/aromatic N) is 2. The number of aryl methyl sites for hydroxylation is 1. The number of aromatic nitrogens is 2. The maximum absolute atomic E-state index is 6.22. The largest absolute Gasteiger partial charge is 0.233 e. The Morgan fingerprint density at radius 2 is 1.90 bits per heavy atom. The van der Waals surface area contributed by atoms with E-state index in [1.54, 1.807) is 0 Å². The van der Waals surface area contributed by atoms with E-state index in [0.717, 1.165) is 23.5 Å². The third-order valence-corrected chi connectivity index (χ3v) is 4.32. The lowest BCUT2D eigenvalue weighted by atomic mass is 10.0. The van der Waals surface area contributed by atoms with Crippen molar-refractivity contribution in [3.05, 3.63) is 46.7 Å². The zero-order chi connectivity index (χ0) is 13.9. The molecule has 0 bridgehead atoms. The molecule has 0 aliphatic heterocycles. The highest BCUT2D eigenvalue weighted by Crippen LogP contribution is 2.34. The maximum atomic E-state index is 6.22. The lowest BCUT2D eigenvalue weighted by Gasteiger charge is -2.12. The molecular weight excluding hydrogens is 268 g/mol. The number of hydrogen-bond acceptors (Lipinski definition) is 2. The molecule has 1 saturated carbocycles. The second kappa shape index (κ2) is 5.92. The third-order valence-electron chi connectivity index (χ3n) is 4.13. The van der Waals surface area contributed by atoms with Crippen molar-refractivity contribution in [2.75, 3.05) is 0 Å². The van der Waals surface area contributed by atoms with Crippen LogP contribution in [0, 0.1) is 0 Å². The van der Waals surface area contributed by atoms with Gasteiger partial charge in [-0.3, -0.25) is 0 Å². The quantitative estimate of drug-likeness (QED) is 0.741. The Morgan fingerprint density at radius 1 is 1.15 bits per heavy atom. The van der Waals surface area contributed by atoms with Gasteiger partial charge in [-0.2, -0.15) is 0 Å². The molecule has 1 aliphatic rings. The van der Waals surface area contributed by atoms with E-state index in [2.05, 4.69) is 30.1 Å². The molecule has 0 amide bonds. The molecule has 0 radical (unpaired) electrons. The molecule has 0 atom stereocenters. The fraction of sp³-hybridized carbons (Fsp3) is 0.412. The zero-order valence-corrected chi connectivity index (χ0v) is 12.5. The summed E-state index contributed by atoms with van der Waals surface area (Å²) >= 11 is 6.22. The second-order valence-corrected chi connectivity index (χ2v) is 5.82. The first kappa shape index (κ1) is 13.6. The fourth-order valence-electron chi connectivity index (χ4n) is 3.03. The standard InChI is InChI=1S/C17H19ClN2/c1-2-12-7-5-6-10-14(12)17-19-15(11-16(18)20-17)13-8-3-4-9-13/h5-7,10-11,13H,2-4,8-9H2,1H3. The van der Waals surface area contributed by atoms with Gasteiger partial charge in [-0.25, -0.2) is 9.97 Å². The molecule has 1 aliphatic carbocycles. The SMILES string of the molecule is CCc1ccccc1-c1nc(Cl)cc(C2CCCC2)n1. The van der Waals surface area contributed by atoms with E-state index in [0.29, 0.717) is 11.1 Å². The van der Waals surface area contributed by atoms with Gasteiger partial charge in [-0.1, -0.05) is 55.6 Å². The van der Waals surface area contributed by atoms with Crippen molar-refractivity contribution in [2.45, 2.75) is 44.9 Å². The molecule has 1 aromatic carbocycles. The van der Waals surface area contributed by atoms with Crippen molar-refractivity contribution in [1.82, 2.24) is 9.97 Å². The van der Waals surface area contributed by atoms with Crippen LogP contribution in [0.25, 0.3) is 11.4 Å². The molecule has 2 nitrogen and oxygen atoms in total. The van der Waals surface area contributed by atoms with E-state index in [9.17, 15) is 0 Å². The molecule has 0 spiro atoms. The van der Waals surface area contributed by atoms with Crippen LogP contribution in [0.5, 0.6) is 0 Å². The van der Waals surface area contributed by atoms with E-state index < -0.39 is 0 Å². The van der Waals surface area contributed by atoms with Crippen LogP contribution in [0.4, 0.5) is 0 Å². The van der Waals surface area contributed by atoms with Gasteiger partial charge in [0, 0.05) is 17.2 Å². The average Bonchev–Trinajstić information content (AvgIpc) is 3.01. The van der Waals surface area contributed by atoms with Crippen LogP contribution in [0.1, 0.15) is 49.8 Å². The summed E-state index contributed by atoms with van der Waals surface area (Å²) in [6.45, 7) is 2.15. The molecule has 3 rings (SSSR count). The summed E-state index contributed by atoms with van der Waals surface area (Å²) in [7, 11) is 0. The van der Waals surface area contributed by atoms with Gasteiger partial charge in [0.25, 0.3) is 0 Å². The van der Waals surface area contributed by atoms with Crippen LogP contribution >= 0.6 is 11.6 Å². The minimum atomic E-state index is 0.558. The molecule has 0 saturated heterocycles. The van der Waals surface area contributed by atoms with Gasteiger partial charge in [0.2, 0.25) is 0 Å². The van der Waals surface area contributed by atoms with Crippen molar-refractivity contribution in [3.8, 4) is 11.4 Å². The first-order valence-corrected chi connectivity index (χ1v) is 7.78. The lowest BCUT2D eigenvalue weighted by molar-refractivity contribution is 0.695. The van der Waals surface area contributed by atoms with Crippen LogP contribution in [0.2, 0.25) is 5.15 Å². The van der Waals surface area contributed by atoms with Gasteiger partial charge < -0.3 is 0 Å². The highest BCUT2D eigenvalue weighted by Gasteiger charge is 2.20. The van der Waals surface area contributed by atoms with E-state index >= 15 is 0 Å². The van der Waals surface area contributed by atoms with Crippen LogP contribution in [-0.4, -0.2) is 9.97 Å². The Kier molecular flexibility index (Phi) is 4.02. The van der Waals surface area contributed by atoms with Crippen LogP contribution in [-0.2, 0) is 6.42 Å². The van der Waals surface area contributed by atoms with Crippen molar-refractivity contribution in [3.63, 3.8) is 0 Å². The predicted octanol–water partition coefficient (Wildman–Crippen LogP) is 5.02. The van der Waals surface area contributed by atoms with Gasteiger partial charge in [-0.05, 0) is 30.9 Å². The Labute approximate surface area is 125 Å². The van der Waals surface area contributed by atoms with Gasteiger partial charge in [0.05, 0.1) is 0 Å². The monoisotopic (exact) mass is 286 g/mol. The number of halogens is 1. The lowest BCUT2D eigenvalue weighted by Crippen LogP contribution is -2.01. The molecule has 104 valence electrons. The zero-order valence-electron chi connectivity index (χ0n) is 11.8. The molecule has 3 heteroatoms. The minimum absolute atomic E-state index is 0.558. The summed E-state index contributed by atoms with van der Waals surface area (Å²) in [6.07, 6.45) is 6.02. The van der Waals surface area contributed by atoms with Gasteiger partial charge in [-0.15, -0.1) is 0 Å². The highest BCUT2D eigenvalue weighted by atomic mass is 35.5. The van der Waals surface area contributed by atoms with Crippen molar-refractivity contribution in [1.29, 1.82) is 0 Å². The summed E-state index contributed by atoms with van der Waals surface area (Å²) in [5.41, 5.74) is 3.49. The van der Waals surface area contributed by atoms with Crippen molar-refractivity contribution < 1.29 is 0 Å². The molecule has 0 N–H and O–H groups in total. The van der Waals surface area contributed by atoms with Gasteiger partial charge in [0.1, 0.15) is 5.15 Å². The number of rotatable bonds is 3. The summed E-state index contributed by atoms with van der Waals surface area (Å²) < 4.78 is 0. The van der Waals surface area contributed by atoms with E-state index in [1.165, 1.54) is 31.2 Å². The molecule has 0 unspecified atom stereocenters. The predicted molar refractivity (Wildman–Crippen MR) is 83.1 cm³/mol. The Balaban J connectivity index is 2.04. The van der Waals surface area contributed by atoms with Gasteiger partial charge in [0.15, 0.2) is 5.82 Å². The minimum Gasteiger partial charge on any atom is -0.233 e. The third kappa shape index (κ3) is 2.71. The van der Waals surface area contributed by atoms with E-state index in [4.69, 9.17) is 16.6 Å². The summed E-state index contributed by atoms with van der Waals surface area (Å²) in [6, 6.07) is 10.3. The Bertz CT molecular complexity index is 604. The first-order chi connectivity index (χ1) is 9.78. The van der Waals surface area contributed by atoms with Gasteiger partial charge >= 0.3 is 0 Å². The molecule has 1 aromatic heterocycles. The normalized spacial score (nSPS) is 15.7. The van der Waals surface area contributed by atoms with Crippen LogP contribution < -0.4 is 0 Å². The molecule has 1 fully saturated rings. The van der Waals surface area contributed by atoms with E-state index in [-0.39, 0.29) is 0 Å². The second-order valence-electron chi connectivity index (χ2n) is 5.43. The van der Waals surface area contributed by atoms with Crippen LogP contribution in [0.3, 0.4) is 0 Å². The van der Waals surface area contributed by atoms with Crippen molar-refractivity contribution in [2.24, 2.45) is 0 Å². The summed E-state index contributed by atoms with van der Waals surface area (Å²) in [4.78, 5) is 9.24. The molecule has 1 heterocycles. The topological polar surface area (TPSA) is 25.8 Å². The van der Waals surface area contributed by atoms with Crippen LogP contribution in [0.15, 0.2) is 30.3 Å². The molecule has 2 aromatic rings. The average molecular weight is 287 g/mol. The van der Waals surface area contributed by atoms with E-state index in [1.807, 2.05) is 12.1 Å². The fourth-order valence-corrected chi connectivity index (χ4v) is 3.22. The highest BCUT2D eigenvalue weighted by molar-refractivity contribution is 6.29. The molecular formula is C17H19ClN2.